The third kappa shape index (κ3) is 3.79. The Labute approximate surface area is 181 Å². The SMILES string of the molecule is C=C1C(=O)O[C@@H]2[C@H]3O[C@]3(C)CC/C=C(/COC(=O)c3ccc4ccccc4c3)CC[C@@H]12. The summed E-state index contributed by atoms with van der Waals surface area (Å²) in [7, 11) is 0. The van der Waals surface area contributed by atoms with Crippen LogP contribution in [0.2, 0.25) is 0 Å². The fourth-order valence-electron chi connectivity index (χ4n) is 4.81. The maximum Gasteiger partial charge on any atom is 0.338 e. The number of epoxide rings is 1. The average Bonchev–Trinajstić information content (AvgIpc) is 3.37. The van der Waals surface area contributed by atoms with Crippen LogP contribution < -0.4 is 0 Å². The second kappa shape index (κ2) is 7.65. The lowest BCUT2D eigenvalue weighted by molar-refractivity contribution is -0.140. The Morgan fingerprint density at radius 2 is 2.03 bits per heavy atom. The fraction of sp³-hybridized carbons (Fsp3) is 0.385. The van der Waals surface area contributed by atoms with Gasteiger partial charge in [0.1, 0.15) is 18.8 Å². The van der Waals surface area contributed by atoms with Gasteiger partial charge in [-0.2, -0.15) is 0 Å². The van der Waals surface area contributed by atoms with Gasteiger partial charge in [0.2, 0.25) is 0 Å². The van der Waals surface area contributed by atoms with Gasteiger partial charge in [-0.05, 0) is 61.1 Å². The number of hydrogen-bond acceptors (Lipinski definition) is 5. The van der Waals surface area contributed by atoms with E-state index in [4.69, 9.17) is 14.2 Å². The van der Waals surface area contributed by atoms with E-state index in [2.05, 4.69) is 19.6 Å². The van der Waals surface area contributed by atoms with E-state index in [9.17, 15) is 9.59 Å². The second-order valence-corrected chi connectivity index (χ2v) is 8.93. The molecule has 4 atom stereocenters. The highest BCUT2D eigenvalue weighted by Gasteiger charge is 2.61. The Balaban J connectivity index is 1.28. The van der Waals surface area contributed by atoms with Crippen LogP contribution in [0.15, 0.2) is 66.3 Å². The first-order chi connectivity index (χ1) is 14.9. The Morgan fingerprint density at radius 1 is 1.23 bits per heavy atom. The van der Waals surface area contributed by atoms with Gasteiger partial charge in [0.25, 0.3) is 0 Å². The quantitative estimate of drug-likeness (QED) is 0.311. The number of carbonyl (C=O) groups is 2. The average molecular weight is 418 g/mol. The van der Waals surface area contributed by atoms with Gasteiger partial charge in [0, 0.05) is 11.5 Å². The molecule has 2 saturated heterocycles. The standard InChI is InChI=1S/C26H26O5/c1-16-21-12-9-17(6-5-13-26(2)23(31-26)22(21)30-24(16)27)15-29-25(28)20-11-10-18-7-3-4-8-19(18)14-20/h3-4,6-8,10-11,14,21-23H,1,5,9,12-13,15H2,2H3/b17-6+/t21-,22-,23+,26+/m0/s1. The Bertz CT molecular complexity index is 1100. The van der Waals surface area contributed by atoms with Crippen molar-refractivity contribution in [1.29, 1.82) is 0 Å². The molecule has 2 heterocycles. The minimum Gasteiger partial charge on any atom is -0.458 e. The van der Waals surface area contributed by atoms with Gasteiger partial charge in [-0.25, -0.2) is 9.59 Å². The maximum atomic E-state index is 12.6. The third-order valence-corrected chi connectivity index (χ3v) is 6.81. The van der Waals surface area contributed by atoms with Gasteiger partial charge in [0.05, 0.1) is 11.2 Å². The number of carbonyl (C=O) groups excluding carboxylic acids is 2. The zero-order chi connectivity index (χ0) is 21.6. The van der Waals surface area contributed by atoms with E-state index in [1.807, 2.05) is 36.4 Å². The van der Waals surface area contributed by atoms with E-state index in [1.165, 1.54) is 0 Å². The minimum atomic E-state index is -0.331. The smallest absolute Gasteiger partial charge is 0.338 e. The summed E-state index contributed by atoms with van der Waals surface area (Å²) in [5.74, 6) is -0.708. The van der Waals surface area contributed by atoms with Gasteiger partial charge in [-0.3, -0.25) is 0 Å². The maximum absolute atomic E-state index is 12.6. The van der Waals surface area contributed by atoms with E-state index >= 15 is 0 Å². The number of allylic oxidation sites excluding steroid dienone is 1. The largest absolute Gasteiger partial charge is 0.458 e. The highest BCUT2D eigenvalue weighted by molar-refractivity contribution is 5.95. The fourth-order valence-corrected chi connectivity index (χ4v) is 4.81. The van der Waals surface area contributed by atoms with Gasteiger partial charge in [0.15, 0.2) is 0 Å². The predicted molar refractivity (Wildman–Crippen MR) is 117 cm³/mol. The van der Waals surface area contributed by atoms with Crippen LogP contribution in [0.1, 0.15) is 43.0 Å². The van der Waals surface area contributed by atoms with E-state index in [1.54, 1.807) is 6.07 Å². The van der Waals surface area contributed by atoms with E-state index in [0.717, 1.165) is 42.0 Å². The molecule has 0 N–H and O–H groups in total. The van der Waals surface area contributed by atoms with Crippen LogP contribution in [0.4, 0.5) is 0 Å². The van der Waals surface area contributed by atoms with Gasteiger partial charge in [-0.1, -0.05) is 43.0 Å². The molecule has 5 nitrogen and oxygen atoms in total. The molecule has 0 spiro atoms. The normalized spacial score (nSPS) is 31.8. The summed E-state index contributed by atoms with van der Waals surface area (Å²) in [5.41, 5.74) is 1.86. The van der Waals surface area contributed by atoms with Crippen molar-refractivity contribution in [2.45, 2.75) is 50.4 Å². The van der Waals surface area contributed by atoms with Crippen molar-refractivity contribution in [2.75, 3.05) is 6.61 Å². The van der Waals surface area contributed by atoms with Crippen molar-refractivity contribution in [3.05, 3.63) is 71.8 Å². The molecular formula is C26H26O5. The lowest BCUT2D eigenvalue weighted by Gasteiger charge is -2.20. The number of fused-ring (bicyclic) bond motifs is 4. The lowest BCUT2D eigenvalue weighted by atomic mass is 9.84. The summed E-state index contributed by atoms with van der Waals surface area (Å²) in [6, 6.07) is 13.5. The molecule has 2 fully saturated rings. The van der Waals surface area contributed by atoms with Gasteiger partial charge in [-0.15, -0.1) is 0 Å². The van der Waals surface area contributed by atoms with E-state index in [-0.39, 0.29) is 42.3 Å². The molecule has 160 valence electrons. The summed E-state index contributed by atoms with van der Waals surface area (Å²) < 4.78 is 17.2. The van der Waals surface area contributed by atoms with Crippen LogP contribution in [0, 0.1) is 5.92 Å². The van der Waals surface area contributed by atoms with Crippen molar-refractivity contribution >= 4 is 22.7 Å². The molecule has 0 saturated carbocycles. The van der Waals surface area contributed by atoms with Gasteiger partial charge >= 0.3 is 11.9 Å². The molecule has 0 radical (unpaired) electrons. The molecule has 0 bridgehead atoms. The molecule has 5 rings (SSSR count). The highest BCUT2D eigenvalue weighted by atomic mass is 16.6. The lowest BCUT2D eigenvalue weighted by Crippen LogP contribution is -2.29. The monoisotopic (exact) mass is 418 g/mol. The summed E-state index contributed by atoms with van der Waals surface area (Å²) in [6.07, 6.45) is 4.97. The number of hydrogen-bond donors (Lipinski definition) is 0. The molecule has 2 aliphatic heterocycles. The zero-order valence-corrected chi connectivity index (χ0v) is 17.6. The molecule has 3 aliphatic rings. The zero-order valence-electron chi connectivity index (χ0n) is 17.6. The molecular weight excluding hydrogens is 392 g/mol. The number of ether oxygens (including phenoxy) is 3. The van der Waals surface area contributed by atoms with Crippen molar-refractivity contribution in [3.63, 3.8) is 0 Å². The van der Waals surface area contributed by atoms with Crippen molar-refractivity contribution < 1.29 is 23.8 Å². The van der Waals surface area contributed by atoms with Gasteiger partial charge < -0.3 is 14.2 Å². The third-order valence-electron chi connectivity index (χ3n) is 6.81. The van der Waals surface area contributed by atoms with E-state index in [0.29, 0.717) is 11.1 Å². The minimum absolute atomic E-state index is 0.0543. The topological polar surface area (TPSA) is 65.1 Å². The molecule has 0 amide bonds. The van der Waals surface area contributed by atoms with Crippen LogP contribution >= 0.6 is 0 Å². The summed E-state index contributed by atoms with van der Waals surface area (Å²) in [6.45, 7) is 6.26. The van der Waals surface area contributed by atoms with Crippen LogP contribution in [-0.4, -0.2) is 36.4 Å². The molecule has 5 heteroatoms. The summed E-state index contributed by atoms with van der Waals surface area (Å²) in [4.78, 5) is 24.7. The van der Waals surface area contributed by atoms with Crippen molar-refractivity contribution in [1.82, 2.24) is 0 Å². The van der Waals surface area contributed by atoms with E-state index < -0.39 is 0 Å². The summed E-state index contributed by atoms with van der Waals surface area (Å²) in [5, 5.41) is 2.10. The highest BCUT2D eigenvalue weighted by Crippen LogP contribution is 2.49. The van der Waals surface area contributed by atoms with Crippen molar-refractivity contribution in [3.8, 4) is 0 Å². The van der Waals surface area contributed by atoms with Crippen LogP contribution in [-0.2, 0) is 19.0 Å². The molecule has 2 aromatic rings. The second-order valence-electron chi connectivity index (χ2n) is 8.93. The molecule has 2 aromatic carbocycles. The first kappa shape index (κ1) is 20.0. The number of esters is 2. The molecule has 1 aliphatic carbocycles. The molecule has 31 heavy (non-hydrogen) atoms. The molecule has 0 unspecified atom stereocenters. The summed E-state index contributed by atoms with van der Waals surface area (Å²) >= 11 is 0. The first-order valence-electron chi connectivity index (χ1n) is 10.9. The van der Waals surface area contributed by atoms with Crippen LogP contribution in [0.5, 0.6) is 0 Å². The number of rotatable bonds is 3. The number of benzene rings is 2. The Morgan fingerprint density at radius 3 is 2.87 bits per heavy atom. The first-order valence-corrected chi connectivity index (χ1v) is 10.9. The van der Waals surface area contributed by atoms with Crippen molar-refractivity contribution in [2.24, 2.45) is 5.92 Å². The predicted octanol–water partition coefficient (Wildman–Crippen LogP) is 4.75. The Kier molecular flexibility index (Phi) is 4.94. The molecule has 0 aromatic heterocycles. The van der Waals surface area contributed by atoms with Crippen LogP contribution in [0.25, 0.3) is 10.8 Å². The van der Waals surface area contributed by atoms with Crippen LogP contribution in [0.3, 0.4) is 0 Å². The Hall–Kier alpha value is -2.92.